The van der Waals surface area contributed by atoms with Gasteiger partial charge in [0.2, 0.25) is 24.1 Å². The van der Waals surface area contributed by atoms with Crippen LogP contribution in [0.15, 0.2) is 18.2 Å². The Hall–Kier alpha value is -4.00. The molecule has 0 saturated carbocycles. The smallest absolute Gasteiger partial charge is 0.295 e. The Labute approximate surface area is 286 Å². The molecule has 2 aliphatic rings. The molecule has 2 amide bonds. The van der Waals surface area contributed by atoms with Crippen molar-refractivity contribution in [3.05, 3.63) is 34.9 Å². The van der Waals surface area contributed by atoms with Gasteiger partial charge in [-0.25, -0.2) is 0 Å². The predicted molar refractivity (Wildman–Crippen MR) is 178 cm³/mol. The number of rotatable bonds is 18. The summed E-state index contributed by atoms with van der Waals surface area (Å²) in [5, 5.41) is 3.60. The molecule has 1 fully saturated rings. The molecule has 0 aliphatic carbocycles. The number of piperidine rings is 1. The van der Waals surface area contributed by atoms with Crippen LogP contribution in [-0.2, 0) is 33.2 Å². The second kappa shape index (κ2) is 16.1. The average Bonchev–Trinajstić information content (AvgIpc) is 3.29. The van der Waals surface area contributed by atoms with Crippen LogP contribution < -0.4 is 20.0 Å². The lowest BCUT2D eigenvalue weighted by atomic mass is 9.79. The highest BCUT2D eigenvalue weighted by molar-refractivity contribution is 6.21. The average molecular weight is 689 g/mol. The number of carbonyl (C=O) groups excluding carboxylic acids is 3. The number of nitrogens with zero attached hydrogens (tertiary/aromatic N) is 7. The van der Waals surface area contributed by atoms with Crippen LogP contribution >= 0.6 is 0 Å². The summed E-state index contributed by atoms with van der Waals surface area (Å²) in [7, 11) is 7.54. The summed E-state index contributed by atoms with van der Waals surface area (Å²) in [6, 6.07) is 4.47. The Balaban J connectivity index is 1.79. The fraction of sp³-hybridized carbons (Fsp3) is 0.625. The molecule has 4 rings (SSSR count). The molecular weight excluding hydrogens is 640 g/mol. The van der Waals surface area contributed by atoms with Crippen molar-refractivity contribution in [3.63, 3.8) is 0 Å². The highest BCUT2D eigenvalue weighted by Crippen LogP contribution is 2.37. The molecule has 2 aromatic rings. The molecule has 0 radical (unpaired) electrons. The van der Waals surface area contributed by atoms with E-state index < -0.39 is 12.1 Å². The molecule has 1 aromatic carbocycles. The van der Waals surface area contributed by atoms with Crippen molar-refractivity contribution in [2.75, 3.05) is 83.9 Å². The summed E-state index contributed by atoms with van der Waals surface area (Å²) in [4.78, 5) is 59.7. The fourth-order valence-corrected chi connectivity index (χ4v) is 6.65. The van der Waals surface area contributed by atoms with Gasteiger partial charge in [0.25, 0.3) is 18.3 Å². The van der Waals surface area contributed by atoms with E-state index in [0.29, 0.717) is 18.4 Å². The zero-order chi connectivity index (χ0) is 35.9. The Bertz CT molecular complexity index is 1410. The van der Waals surface area contributed by atoms with Crippen LogP contribution in [0.25, 0.3) is 0 Å². The summed E-state index contributed by atoms with van der Waals surface area (Å²) in [5.74, 6) is -0.370. The molecule has 1 unspecified atom stereocenters. The molecule has 2 aliphatic heterocycles. The van der Waals surface area contributed by atoms with E-state index in [4.69, 9.17) is 28.4 Å². The van der Waals surface area contributed by atoms with E-state index in [9.17, 15) is 14.4 Å². The molecule has 1 N–H and O–H groups in total. The summed E-state index contributed by atoms with van der Waals surface area (Å²) in [6.07, 6.45) is 0.0175. The van der Waals surface area contributed by atoms with E-state index in [2.05, 4.69) is 48.0 Å². The third kappa shape index (κ3) is 8.60. The summed E-state index contributed by atoms with van der Waals surface area (Å²) >= 11 is 0. The Kier molecular flexibility index (Phi) is 12.5. The summed E-state index contributed by atoms with van der Waals surface area (Å²) in [6.45, 7) is 8.69. The van der Waals surface area contributed by atoms with E-state index in [1.54, 1.807) is 28.0 Å². The number of methoxy groups -OCH3 is 5. The lowest BCUT2D eigenvalue weighted by Gasteiger charge is -2.48. The second-order valence-electron chi connectivity index (χ2n) is 13.2. The fourth-order valence-electron chi connectivity index (χ4n) is 6.65. The number of fused-ring (bicyclic) bond motifs is 1. The van der Waals surface area contributed by atoms with Crippen molar-refractivity contribution in [1.29, 1.82) is 0 Å². The molecule has 1 saturated heterocycles. The number of carbonyl (C=O) groups is 3. The first kappa shape index (κ1) is 37.8. The van der Waals surface area contributed by atoms with Crippen molar-refractivity contribution < 1.29 is 42.8 Å². The maximum Gasteiger partial charge on any atom is 0.295 e. The highest BCUT2D eigenvalue weighted by atomic mass is 16.6. The Morgan fingerprint density at radius 2 is 1.24 bits per heavy atom. The number of benzene rings is 1. The number of hydrogen-bond acceptors (Lipinski definition) is 16. The van der Waals surface area contributed by atoms with Crippen molar-refractivity contribution in [1.82, 2.24) is 25.2 Å². The number of aromatic nitrogens is 3. The van der Waals surface area contributed by atoms with Gasteiger partial charge in [-0.2, -0.15) is 15.0 Å². The van der Waals surface area contributed by atoms with Gasteiger partial charge in [-0.05, 0) is 52.7 Å². The summed E-state index contributed by atoms with van der Waals surface area (Å²) in [5.41, 5.74) is 0.298. The van der Waals surface area contributed by atoms with Crippen LogP contribution in [0.2, 0.25) is 0 Å². The van der Waals surface area contributed by atoms with Crippen molar-refractivity contribution in [2.24, 2.45) is 0 Å². The van der Waals surface area contributed by atoms with Crippen molar-refractivity contribution >= 4 is 36.1 Å². The van der Waals surface area contributed by atoms with Crippen LogP contribution in [0.3, 0.4) is 0 Å². The number of nitrogens with one attached hydrogen (secondary N) is 1. The first-order chi connectivity index (χ1) is 23.3. The molecule has 0 spiro atoms. The van der Waals surface area contributed by atoms with Crippen molar-refractivity contribution in [3.8, 4) is 0 Å². The van der Waals surface area contributed by atoms with Gasteiger partial charge in [0.05, 0.1) is 11.1 Å². The van der Waals surface area contributed by atoms with Crippen LogP contribution in [0.4, 0.5) is 17.8 Å². The van der Waals surface area contributed by atoms with Gasteiger partial charge < -0.3 is 33.7 Å². The monoisotopic (exact) mass is 688 g/mol. The van der Waals surface area contributed by atoms with Gasteiger partial charge in [-0.1, -0.05) is 6.07 Å². The number of imide groups is 1. The topological polar surface area (TPSA) is 170 Å². The maximum atomic E-state index is 14.0. The van der Waals surface area contributed by atoms with Gasteiger partial charge in [-0.15, -0.1) is 0 Å². The van der Waals surface area contributed by atoms with Gasteiger partial charge in [0, 0.05) is 58.2 Å². The summed E-state index contributed by atoms with van der Waals surface area (Å²) < 4.78 is 32.6. The highest BCUT2D eigenvalue weighted by Gasteiger charge is 2.47. The molecule has 270 valence electrons. The largest absolute Gasteiger partial charge is 0.439 e. The van der Waals surface area contributed by atoms with Gasteiger partial charge in [-0.3, -0.25) is 34.0 Å². The lowest BCUT2D eigenvalue weighted by Crippen LogP contribution is -2.62. The van der Waals surface area contributed by atoms with Crippen LogP contribution in [0.5, 0.6) is 0 Å². The molecule has 49 heavy (non-hydrogen) atoms. The first-order valence-electron chi connectivity index (χ1n) is 15.7. The number of anilines is 3. The Morgan fingerprint density at radius 3 is 1.71 bits per heavy atom. The molecule has 1 atom stereocenters. The second-order valence-corrected chi connectivity index (χ2v) is 13.2. The minimum Gasteiger partial charge on any atom is -0.439 e. The van der Waals surface area contributed by atoms with Crippen molar-refractivity contribution in [2.45, 2.75) is 63.9 Å². The van der Waals surface area contributed by atoms with E-state index in [0.717, 1.165) is 0 Å². The minimum absolute atomic E-state index is 0.0480. The number of hydrogen-bond donors (Lipinski definition) is 1. The van der Waals surface area contributed by atoms with E-state index in [-0.39, 0.29) is 92.1 Å². The number of amides is 2. The van der Waals surface area contributed by atoms with Crippen LogP contribution in [0.1, 0.15) is 73.0 Å². The van der Waals surface area contributed by atoms with Crippen LogP contribution in [0, 0.1) is 0 Å². The third-order valence-corrected chi connectivity index (χ3v) is 8.06. The van der Waals surface area contributed by atoms with E-state index >= 15 is 0 Å². The van der Waals surface area contributed by atoms with Crippen LogP contribution in [-0.4, -0.2) is 124 Å². The predicted octanol–water partition coefficient (Wildman–Crippen LogP) is 2.09. The van der Waals surface area contributed by atoms with E-state index in [1.807, 2.05) is 0 Å². The first-order valence-corrected chi connectivity index (χ1v) is 15.7. The molecular formula is C32H48N8O9. The molecule has 3 heterocycles. The molecule has 1 aromatic heterocycles. The molecule has 0 bridgehead atoms. The zero-order valence-electron chi connectivity index (χ0n) is 29.7. The van der Waals surface area contributed by atoms with E-state index in [1.165, 1.54) is 45.3 Å². The molecule has 17 nitrogen and oxygen atoms in total. The van der Waals surface area contributed by atoms with Gasteiger partial charge in [0.1, 0.15) is 33.7 Å². The quantitative estimate of drug-likeness (QED) is 0.137. The third-order valence-electron chi connectivity index (χ3n) is 8.06. The normalized spacial score (nSPS) is 17.5. The minimum atomic E-state index is -1.18. The maximum absolute atomic E-state index is 14.0. The molecule has 17 heteroatoms. The zero-order valence-corrected chi connectivity index (χ0v) is 29.7. The van der Waals surface area contributed by atoms with Gasteiger partial charge >= 0.3 is 0 Å². The lowest BCUT2D eigenvalue weighted by molar-refractivity contribution is -0.134. The SMILES string of the molecule is COCN(COC)c1nc(N(COC)COC)nc(N(COC)C(OC=O)c2ccc3c(c2)C(=O)N(C2CC(C)(C)NC(C)(C)C2)C3=O)n1. The standard InChI is InChI=1S/C32H48N8O9/c1-31(2)13-22(14-32(3,4)36-31)40-25(42)23-11-10-21(12-24(23)26(40)43)27(49-20-41)39(19-48-9)30-34-28(37(15-44-5)16-45-6)33-29(35-30)38(17-46-7)18-47-8/h10-12,20,22,27,36H,13-19H2,1-9H3. The number of ether oxygens (including phenoxy) is 6. The van der Waals surface area contributed by atoms with Gasteiger partial charge in [0.15, 0.2) is 0 Å². The Morgan fingerprint density at radius 1 is 0.776 bits per heavy atom.